The van der Waals surface area contributed by atoms with Crippen LogP contribution in [0.3, 0.4) is 0 Å². The van der Waals surface area contributed by atoms with Gasteiger partial charge in [-0.3, -0.25) is 4.79 Å². The number of hydrogen-bond donors (Lipinski definition) is 3. The summed E-state index contributed by atoms with van der Waals surface area (Å²) in [5.41, 5.74) is -0.553. The molecule has 1 fully saturated rings. The Bertz CT molecular complexity index is 272. The highest BCUT2D eigenvalue weighted by molar-refractivity contribution is 5.90. The molecule has 1 rings (SSSR count). The first-order valence-corrected chi connectivity index (χ1v) is 5.84. The van der Waals surface area contributed by atoms with Crippen LogP contribution in [0, 0.1) is 0 Å². The zero-order chi connectivity index (χ0) is 12.2. The maximum atomic E-state index is 12.0. The van der Waals surface area contributed by atoms with E-state index in [4.69, 9.17) is 5.11 Å². The van der Waals surface area contributed by atoms with Crippen LogP contribution in [0.15, 0.2) is 0 Å². The Hall–Kier alpha value is -1.10. The Balaban J connectivity index is 2.65. The monoisotopic (exact) mass is 228 g/mol. The largest absolute Gasteiger partial charge is 0.480 e. The number of carboxylic acid groups (broad SMARTS) is 1. The lowest BCUT2D eigenvalue weighted by Gasteiger charge is -2.28. The quantitative estimate of drug-likeness (QED) is 0.640. The third-order valence-electron chi connectivity index (χ3n) is 3.29. The lowest BCUT2D eigenvalue weighted by molar-refractivity contribution is -0.143. The van der Waals surface area contributed by atoms with Gasteiger partial charge in [-0.05, 0) is 32.2 Å². The minimum atomic E-state index is -0.972. The van der Waals surface area contributed by atoms with E-state index < -0.39 is 17.6 Å². The predicted molar refractivity (Wildman–Crippen MR) is 60.1 cm³/mol. The fourth-order valence-electron chi connectivity index (χ4n) is 2.10. The third kappa shape index (κ3) is 2.52. The molecule has 1 aliphatic rings. The first-order chi connectivity index (χ1) is 7.55. The summed E-state index contributed by atoms with van der Waals surface area (Å²) < 4.78 is 0. The molecule has 1 saturated heterocycles. The minimum absolute atomic E-state index is 0.179. The van der Waals surface area contributed by atoms with E-state index in [0.717, 1.165) is 19.4 Å². The van der Waals surface area contributed by atoms with Crippen molar-refractivity contribution in [1.29, 1.82) is 0 Å². The molecule has 0 spiro atoms. The molecule has 1 aliphatic heterocycles. The van der Waals surface area contributed by atoms with E-state index >= 15 is 0 Å². The fourth-order valence-corrected chi connectivity index (χ4v) is 2.10. The van der Waals surface area contributed by atoms with Gasteiger partial charge >= 0.3 is 5.97 Å². The standard InChI is InChI=1S/C11H20N2O3/c1-3-8(9(14)15)13-10(16)11(4-2)6-5-7-12-11/h8,12H,3-7H2,1-2H3,(H,13,16)(H,14,15)/t8-,11?/m1/s1. The van der Waals surface area contributed by atoms with Crippen molar-refractivity contribution < 1.29 is 14.7 Å². The summed E-state index contributed by atoms with van der Waals surface area (Å²) in [4.78, 5) is 22.9. The molecule has 1 amide bonds. The number of amides is 1. The average Bonchev–Trinajstić information content (AvgIpc) is 2.74. The third-order valence-corrected chi connectivity index (χ3v) is 3.29. The number of hydrogen-bond acceptors (Lipinski definition) is 3. The van der Waals surface area contributed by atoms with Crippen LogP contribution in [-0.4, -0.2) is 35.1 Å². The van der Waals surface area contributed by atoms with Crippen molar-refractivity contribution in [3.63, 3.8) is 0 Å². The van der Waals surface area contributed by atoms with Crippen LogP contribution < -0.4 is 10.6 Å². The lowest BCUT2D eigenvalue weighted by Crippen LogP contribution is -2.56. The topological polar surface area (TPSA) is 78.4 Å². The summed E-state index contributed by atoms with van der Waals surface area (Å²) in [5.74, 6) is -1.15. The Morgan fingerprint density at radius 3 is 2.56 bits per heavy atom. The summed E-state index contributed by atoms with van der Waals surface area (Å²) in [7, 11) is 0. The van der Waals surface area contributed by atoms with Gasteiger partial charge in [0.1, 0.15) is 6.04 Å². The molecule has 0 aromatic heterocycles. The molecule has 0 aromatic carbocycles. The Kier molecular flexibility index (Phi) is 4.29. The average molecular weight is 228 g/mol. The van der Waals surface area contributed by atoms with E-state index in [1.54, 1.807) is 6.92 Å². The molecule has 3 N–H and O–H groups in total. The Morgan fingerprint density at radius 2 is 2.19 bits per heavy atom. The van der Waals surface area contributed by atoms with Crippen molar-refractivity contribution in [2.45, 2.75) is 51.1 Å². The van der Waals surface area contributed by atoms with Crippen LogP contribution in [0.25, 0.3) is 0 Å². The predicted octanol–water partition coefficient (Wildman–Crippen LogP) is 0.498. The molecule has 0 saturated carbocycles. The van der Waals surface area contributed by atoms with Gasteiger partial charge in [0.25, 0.3) is 0 Å². The van der Waals surface area contributed by atoms with Gasteiger partial charge in [-0.15, -0.1) is 0 Å². The maximum absolute atomic E-state index is 12.0. The number of aliphatic carboxylic acids is 1. The van der Waals surface area contributed by atoms with E-state index in [9.17, 15) is 9.59 Å². The lowest BCUT2D eigenvalue weighted by atomic mass is 9.92. The van der Waals surface area contributed by atoms with E-state index in [0.29, 0.717) is 12.8 Å². The molecule has 1 heterocycles. The van der Waals surface area contributed by atoms with Crippen LogP contribution in [0.5, 0.6) is 0 Å². The van der Waals surface area contributed by atoms with Crippen LogP contribution in [0.2, 0.25) is 0 Å². The zero-order valence-electron chi connectivity index (χ0n) is 9.88. The van der Waals surface area contributed by atoms with E-state index in [2.05, 4.69) is 10.6 Å². The van der Waals surface area contributed by atoms with Gasteiger partial charge in [0, 0.05) is 0 Å². The molecule has 2 atom stereocenters. The van der Waals surface area contributed by atoms with Crippen LogP contribution in [0.4, 0.5) is 0 Å². The summed E-state index contributed by atoms with van der Waals surface area (Å²) >= 11 is 0. The fraction of sp³-hybridized carbons (Fsp3) is 0.818. The molecule has 16 heavy (non-hydrogen) atoms. The number of carboxylic acids is 1. The normalized spacial score (nSPS) is 26.4. The maximum Gasteiger partial charge on any atom is 0.326 e. The first-order valence-electron chi connectivity index (χ1n) is 5.84. The molecule has 0 aromatic rings. The van der Waals surface area contributed by atoms with Crippen LogP contribution in [0.1, 0.15) is 39.5 Å². The number of nitrogens with one attached hydrogen (secondary N) is 2. The summed E-state index contributed by atoms with van der Waals surface area (Å²) in [6.07, 6.45) is 2.84. The minimum Gasteiger partial charge on any atom is -0.480 e. The molecule has 0 radical (unpaired) electrons. The summed E-state index contributed by atoms with van der Waals surface area (Å²) in [5, 5.41) is 14.7. The highest BCUT2D eigenvalue weighted by Crippen LogP contribution is 2.23. The molecule has 92 valence electrons. The highest BCUT2D eigenvalue weighted by Gasteiger charge is 2.40. The second-order valence-corrected chi connectivity index (χ2v) is 4.24. The van der Waals surface area contributed by atoms with Gasteiger partial charge in [0.2, 0.25) is 5.91 Å². The second-order valence-electron chi connectivity index (χ2n) is 4.24. The SMILES string of the molecule is CC[C@@H](NC(=O)C1(CC)CCCN1)C(=O)O. The van der Waals surface area contributed by atoms with Crippen molar-refractivity contribution in [3.8, 4) is 0 Å². The molecular weight excluding hydrogens is 208 g/mol. The smallest absolute Gasteiger partial charge is 0.326 e. The van der Waals surface area contributed by atoms with Crippen molar-refractivity contribution in [2.75, 3.05) is 6.54 Å². The molecule has 5 nitrogen and oxygen atoms in total. The van der Waals surface area contributed by atoms with Crippen LogP contribution >= 0.6 is 0 Å². The molecule has 0 aliphatic carbocycles. The van der Waals surface area contributed by atoms with Gasteiger partial charge in [-0.2, -0.15) is 0 Å². The Morgan fingerprint density at radius 1 is 1.50 bits per heavy atom. The first kappa shape index (κ1) is 13.0. The number of rotatable bonds is 5. The second kappa shape index (κ2) is 5.30. The number of carbonyl (C=O) groups is 2. The van der Waals surface area contributed by atoms with Gasteiger partial charge in [-0.25, -0.2) is 4.79 Å². The molecule has 5 heteroatoms. The Labute approximate surface area is 95.6 Å². The number of carbonyl (C=O) groups excluding carboxylic acids is 1. The van der Waals surface area contributed by atoms with Crippen molar-refractivity contribution in [2.24, 2.45) is 0 Å². The van der Waals surface area contributed by atoms with Gasteiger partial charge < -0.3 is 15.7 Å². The van der Waals surface area contributed by atoms with Gasteiger partial charge in [0.15, 0.2) is 0 Å². The van der Waals surface area contributed by atoms with E-state index in [1.165, 1.54) is 0 Å². The molecular formula is C11H20N2O3. The zero-order valence-corrected chi connectivity index (χ0v) is 9.88. The van der Waals surface area contributed by atoms with E-state index in [-0.39, 0.29) is 5.91 Å². The van der Waals surface area contributed by atoms with Crippen LogP contribution in [-0.2, 0) is 9.59 Å². The highest BCUT2D eigenvalue weighted by atomic mass is 16.4. The van der Waals surface area contributed by atoms with Crippen molar-refractivity contribution >= 4 is 11.9 Å². The summed E-state index contributed by atoms with van der Waals surface area (Å²) in [6.45, 7) is 4.52. The molecule has 0 bridgehead atoms. The van der Waals surface area contributed by atoms with Crippen molar-refractivity contribution in [1.82, 2.24) is 10.6 Å². The van der Waals surface area contributed by atoms with Gasteiger partial charge in [-0.1, -0.05) is 13.8 Å². The van der Waals surface area contributed by atoms with Crippen molar-refractivity contribution in [3.05, 3.63) is 0 Å². The molecule has 1 unspecified atom stereocenters. The van der Waals surface area contributed by atoms with Gasteiger partial charge in [0.05, 0.1) is 5.54 Å². The summed E-state index contributed by atoms with van der Waals surface area (Å²) in [6, 6.07) is -0.779. The van der Waals surface area contributed by atoms with E-state index in [1.807, 2.05) is 6.92 Å².